The fourth-order valence-corrected chi connectivity index (χ4v) is 3.57. The predicted octanol–water partition coefficient (Wildman–Crippen LogP) is -9.48. The first-order chi connectivity index (χ1) is 10.7. The van der Waals surface area contributed by atoms with Crippen molar-refractivity contribution in [2.45, 2.75) is 0 Å². The Morgan fingerprint density at radius 1 is 0.652 bits per heavy atom. The molecule has 2 aromatic carbocycles. The summed E-state index contributed by atoms with van der Waals surface area (Å²) in [5.41, 5.74) is 7.17. The summed E-state index contributed by atoms with van der Waals surface area (Å²) < 4.78 is 6.08. The molecule has 3 aromatic rings. The fraction of sp³-hybridized carbons (Fsp3) is 0. The second-order valence-corrected chi connectivity index (χ2v) is 6.40. The normalized spacial score (nSPS) is 11.4. The average molecular weight is 299 g/mol. The summed E-state index contributed by atoms with van der Waals surface area (Å²) in [5.74, 6) is 0.0539. The van der Waals surface area contributed by atoms with Crippen LogP contribution in [0, 0.1) is 0 Å². The molecule has 108 valence electrons. The van der Waals surface area contributed by atoms with Crippen molar-refractivity contribution in [2.75, 3.05) is 0 Å². The van der Waals surface area contributed by atoms with Crippen LogP contribution in [-0.4, -0.2) is 69.4 Å². The van der Waals surface area contributed by atoms with E-state index in [0.29, 0.717) is 27.4 Å². The van der Waals surface area contributed by atoms with Gasteiger partial charge in [-0.25, -0.2) is 0 Å². The molecule has 0 bridgehead atoms. The van der Waals surface area contributed by atoms with Gasteiger partial charge in [0.1, 0.15) is 64.0 Å². The lowest BCUT2D eigenvalue weighted by Gasteiger charge is -2.13. The molecule has 0 fully saturated rings. The number of hydrogen-bond donors (Lipinski definition) is 3. The van der Waals surface area contributed by atoms with Crippen LogP contribution in [0.15, 0.2) is 4.42 Å². The van der Waals surface area contributed by atoms with Gasteiger partial charge in [0, 0.05) is 5.39 Å². The number of rotatable bonds is 1. The summed E-state index contributed by atoms with van der Waals surface area (Å²) in [4.78, 5) is 0. The number of benzene rings is 2. The summed E-state index contributed by atoms with van der Waals surface area (Å²) >= 11 is 0. The van der Waals surface area contributed by atoms with Gasteiger partial charge < -0.3 is 19.6 Å². The molecule has 0 atom stereocenters. The minimum absolute atomic E-state index is 0.0539. The van der Waals surface area contributed by atoms with Gasteiger partial charge in [-0.2, -0.15) is 0 Å². The number of phenols is 1. The molecule has 0 saturated heterocycles. The third-order valence-corrected chi connectivity index (χ3v) is 5.31. The number of furan rings is 1. The van der Waals surface area contributed by atoms with E-state index in [1.54, 1.807) is 15.7 Å². The molecular formula is C12H15B7O4. The third-order valence-electron chi connectivity index (χ3n) is 5.31. The van der Waals surface area contributed by atoms with E-state index < -0.39 is 7.12 Å². The van der Waals surface area contributed by atoms with E-state index in [2.05, 4.69) is 15.7 Å². The Morgan fingerprint density at radius 3 is 1.74 bits per heavy atom. The molecule has 1 heterocycles. The molecule has 0 saturated carbocycles. The van der Waals surface area contributed by atoms with Crippen LogP contribution in [0.25, 0.3) is 21.9 Å². The fourth-order valence-electron chi connectivity index (χ4n) is 3.57. The van der Waals surface area contributed by atoms with Crippen molar-refractivity contribution in [2.24, 2.45) is 0 Å². The van der Waals surface area contributed by atoms with E-state index >= 15 is 0 Å². The zero-order valence-corrected chi connectivity index (χ0v) is 14.3. The molecule has 3 N–H and O–H groups in total. The van der Waals surface area contributed by atoms with E-state index in [9.17, 15) is 15.2 Å². The average Bonchev–Trinajstić information content (AvgIpc) is 2.89. The zero-order valence-electron chi connectivity index (χ0n) is 14.3. The molecule has 0 aliphatic heterocycles. The van der Waals surface area contributed by atoms with Gasteiger partial charge in [-0.3, -0.25) is 0 Å². The van der Waals surface area contributed by atoms with Crippen LogP contribution in [0.2, 0.25) is 0 Å². The van der Waals surface area contributed by atoms with Crippen LogP contribution in [0.4, 0.5) is 0 Å². The molecule has 0 amide bonds. The predicted molar refractivity (Wildman–Crippen MR) is 114 cm³/mol. The maximum Gasteiger partial charge on any atom is 0.487 e. The number of phenolic OH excluding ortho intramolecular Hbond substituents is 1. The topological polar surface area (TPSA) is 73.8 Å². The second kappa shape index (κ2) is 5.21. The molecule has 23 heavy (non-hydrogen) atoms. The zero-order chi connectivity index (χ0) is 17.2. The quantitative estimate of drug-likeness (QED) is 0.390. The van der Waals surface area contributed by atoms with Gasteiger partial charge in [0.25, 0.3) is 0 Å². The van der Waals surface area contributed by atoms with Gasteiger partial charge in [-0.15, -0.1) is 5.46 Å². The Hall–Kier alpha value is -1.59. The van der Waals surface area contributed by atoms with Gasteiger partial charge in [0.2, 0.25) is 0 Å². The van der Waals surface area contributed by atoms with Crippen LogP contribution >= 0.6 is 0 Å². The van der Waals surface area contributed by atoms with Gasteiger partial charge in [-0.1, -0.05) is 16.4 Å². The summed E-state index contributed by atoms with van der Waals surface area (Å²) in [7, 11) is 9.99. The van der Waals surface area contributed by atoms with E-state index in [4.69, 9.17) is 4.42 Å². The van der Waals surface area contributed by atoms with E-state index in [0.717, 1.165) is 21.9 Å². The summed E-state index contributed by atoms with van der Waals surface area (Å²) in [6, 6.07) is 0. The maximum atomic E-state index is 10.7. The highest BCUT2D eigenvalue weighted by Crippen LogP contribution is 2.29. The van der Waals surface area contributed by atoms with E-state index in [1.807, 2.05) is 15.7 Å². The highest BCUT2D eigenvalue weighted by atomic mass is 16.4. The minimum atomic E-state index is -1.65. The lowest BCUT2D eigenvalue weighted by Crippen LogP contribution is -2.51. The smallest absolute Gasteiger partial charge is 0.487 e. The molecule has 1 aromatic heterocycles. The van der Waals surface area contributed by atoms with Crippen LogP contribution in [0.1, 0.15) is 0 Å². The second-order valence-electron chi connectivity index (χ2n) is 6.40. The van der Waals surface area contributed by atoms with Gasteiger partial charge >= 0.3 is 7.12 Å². The number of hydrogen-bond acceptors (Lipinski definition) is 4. The van der Waals surface area contributed by atoms with Crippen molar-refractivity contribution in [1.29, 1.82) is 0 Å². The first-order valence-electron chi connectivity index (χ1n) is 7.69. The SMILES string of the molecule is Bc1c(B)c(B)c2c(oc3c(B)c(B(O)O)c(B)c(O)c32)c1B. The lowest BCUT2D eigenvalue weighted by atomic mass is 9.63. The molecule has 3 rings (SSSR count). The van der Waals surface area contributed by atoms with Crippen molar-refractivity contribution < 1.29 is 19.6 Å². The Kier molecular flexibility index (Phi) is 3.69. The maximum absolute atomic E-state index is 10.7. The highest BCUT2D eigenvalue weighted by molar-refractivity contribution is 6.73. The van der Waals surface area contributed by atoms with Crippen LogP contribution in [0.5, 0.6) is 5.75 Å². The van der Waals surface area contributed by atoms with Crippen LogP contribution in [-0.2, 0) is 0 Å². The molecule has 0 spiro atoms. The van der Waals surface area contributed by atoms with Gasteiger partial charge in [-0.05, 0) is 16.4 Å². The van der Waals surface area contributed by atoms with Crippen molar-refractivity contribution in [3.8, 4) is 5.75 Å². The summed E-state index contributed by atoms with van der Waals surface area (Å²) in [5, 5.41) is 31.5. The van der Waals surface area contributed by atoms with Crippen molar-refractivity contribution in [3.05, 3.63) is 0 Å². The van der Waals surface area contributed by atoms with Gasteiger partial charge in [0.15, 0.2) is 0 Å². The third kappa shape index (κ3) is 2.03. The summed E-state index contributed by atoms with van der Waals surface area (Å²) in [6.07, 6.45) is 0. The molecule has 11 heteroatoms. The van der Waals surface area contributed by atoms with Crippen molar-refractivity contribution >= 4 is 114 Å². The van der Waals surface area contributed by atoms with Crippen molar-refractivity contribution in [1.82, 2.24) is 0 Å². The van der Waals surface area contributed by atoms with E-state index in [-0.39, 0.29) is 5.75 Å². The highest BCUT2D eigenvalue weighted by Gasteiger charge is 2.26. The Bertz CT molecular complexity index is 980. The Balaban J connectivity index is 2.67. The first kappa shape index (κ1) is 16.3. The minimum Gasteiger partial charge on any atom is -0.508 e. The Labute approximate surface area is 140 Å². The van der Waals surface area contributed by atoms with Gasteiger partial charge in [0.05, 0.1) is 5.39 Å². The standard InChI is InChI=1S/C12H15B7O4/c13-3-1-2-10(20)7(17)9(19(21)22)8(18)12(2)23-11(1)6(16)5(15)4(3)14/h20-22H,13-18H2. The van der Waals surface area contributed by atoms with Crippen LogP contribution in [0.3, 0.4) is 0 Å². The Morgan fingerprint density at radius 2 is 1.17 bits per heavy atom. The van der Waals surface area contributed by atoms with E-state index in [1.165, 1.54) is 10.9 Å². The summed E-state index contributed by atoms with van der Waals surface area (Å²) in [6.45, 7) is 0. The first-order valence-corrected chi connectivity index (χ1v) is 7.69. The molecule has 0 radical (unpaired) electrons. The largest absolute Gasteiger partial charge is 0.508 e. The van der Waals surface area contributed by atoms with Crippen molar-refractivity contribution in [3.63, 3.8) is 0 Å². The monoisotopic (exact) mass is 300 g/mol. The molecular weight excluding hydrogens is 284 g/mol. The lowest BCUT2D eigenvalue weighted by molar-refractivity contribution is 0.425. The van der Waals surface area contributed by atoms with Crippen LogP contribution < -0.4 is 38.2 Å². The molecule has 0 aliphatic rings. The number of aromatic hydroxyl groups is 1. The molecule has 0 aliphatic carbocycles. The molecule has 4 nitrogen and oxygen atoms in total. The number of fused-ring (bicyclic) bond motifs is 3. The molecule has 0 unspecified atom stereocenters.